The normalized spacial score (nSPS) is 50.0. The molecule has 1 aliphatic carbocycles. The van der Waals surface area contributed by atoms with Gasteiger partial charge in [-0.15, -0.1) is 0 Å². The maximum absolute atomic E-state index is 12.5. The number of hydrogen-bond acceptors (Lipinski definition) is 0. The fourth-order valence-electron chi connectivity index (χ4n) is 0.726. The number of rotatable bonds is 0. The van der Waals surface area contributed by atoms with Crippen molar-refractivity contribution in [3.63, 3.8) is 0 Å². The lowest BCUT2D eigenvalue weighted by Crippen LogP contribution is -2.81. The summed E-state index contributed by atoms with van der Waals surface area (Å²) in [5.41, 5.74) is 0. The van der Waals surface area contributed by atoms with E-state index in [1.54, 1.807) is 31.9 Å². The molecular formula is C4Br2F6. The van der Waals surface area contributed by atoms with Crippen LogP contribution in [-0.4, -0.2) is 21.0 Å². The molecule has 0 unspecified atom stereocenters. The molecule has 0 aromatic heterocycles. The molecule has 0 amide bonds. The summed E-state index contributed by atoms with van der Waals surface area (Å²) in [7, 11) is 0. The van der Waals surface area contributed by atoms with Gasteiger partial charge in [0.2, 0.25) is 0 Å². The summed E-state index contributed by atoms with van der Waals surface area (Å²) in [6, 6.07) is 0. The molecule has 0 radical (unpaired) electrons. The SMILES string of the molecule is FC1(F)C(F)(F)[C@@](F)(Br)[C@@]1(F)Br. The average Bonchev–Trinajstić information content (AvgIpc) is 1.84. The lowest BCUT2D eigenvalue weighted by Gasteiger charge is -2.52. The average molecular weight is 322 g/mol. The van der Waals surface area contributed by atoms with Crippen molar-refractivity contribution in [2.75, 3.05) is 0 Å². The fourth-order valence-corrected chi connectivity index (χ4v) is 1.72. The molecule has 0 spiro atoms. The first-order valence-corrected chi connectivity index (χ1v) is 4.10. The second-order valence-electron chi connectivity index (χ2n) is 2.30. The van der Waals surface area contributed by atoms with Crippen molar-refractivity contribution in [3.8, 4) is 0 Å². The van der Waals surface area contributed by atoms with E-state index in [9.17, 15) is 26.3 Å². The number of alkyl halides is 8. The third-order valence-electron chi connectivity index (χ3n) is 1.58. The first-order chi connectivity index (χ1) is 5.00. The summed E-state index contributed by atoms with van der Waals surface area (Å²) in [6.45, 7) is 0. The van der Waals surface area contributed by atoms with Crippen LogP contribution >= 0.6 is 31.9 Å². The molecule has 72 valence electrons. The van der Waals surface area contributed by atoms with Crippen molar-refractivity contribution in [1.82, 2.24) is 0 Å². The Kier molecular flexibility index (Phi) is 1.88. The zero-order valence-electron chi connectivity index (χ0n) is 5.02. The Bertz CT molecular complexity index is 158. The van der Waals surface area contributed by atoms with Gasteiger partial charge < -0.3 is 0 Å². The van der Waals surface area contributed by atoms with Crippen molar-refractivity contribution in [1.29, 1.82) is 0 Å². The van der Waals surface area contributed by atoms with Crippen molar-refractivity contribution < 1.29 is 26.3 Å². The van der Waals surface area contributed by atoms with Gasteiger partial charge >= 0.3 is 11.8 Å². The highest BCUT2D eigenvalue weighted by Crippen LogP contribution is 2.72. The van der Waals surface area contributed by atoms with E-state index in [4.69, 9.17) is 0 Å². The van der Waals surface area contributed by atoms with Crippen LogP contribution in [0.4, 0.5) is 26.3 Å². The Hall–Kier alpha value is 0.540. The maximum atomic E-state index is 12.5. The van der Waals surface area contributed by atoms with Crippen LogP contribution in [0.5, 0.6) is 0 Å². The van der Waals surface area contributed by atoms with Crippen molar-refractivity contribution in [2.24, 2.45) is 0 Å². The van der Waals surface area contributed by atoms with Gasteiger partial charge in [0.05, 0.1) is 0 Å². The van der Waals surface area contributed by atoms with Crippen LogP contribution in [-0.2, 0) is 0 Å². The van der Waals surface area contributed by atoms with E-state index < -0.39 is 21.0 Å². The minimum Gasteiger partial charge on any atom is -0.219 e. The Morgan fingerprint density at radius 2 is 0.750 bits per heavy atom. The molecule has 0 N–H and O–H groups in total. The van der Waals surface area contributed by atoms with Crippen LogP contribution in [0.3, 0.4) is 0 Å². The standard InChI is InChI=1S/C4Br2F6/c5-1(7)2(6,8)4(11,12)3(1,9)10/t1-,2+. The minimum atomic E-state index is -5.06. The van der Waals surface area contributed by atoms with E-state index in [1.807, 2.05) is 0 Å². The topological polar surface area (TPSA) is 0 Å². The molecule has 0 saturated heterocycles. The van der Waals surface area contributed by atoms with Crippen LogP contribution in [0.25, 0.3) is 0 Å². The predicted octanol–water partition coefficient (Wildman–Crippen LogP) is 3.39. The van der Waals surface area contributed by atoms with Gasteiger partial charge in [-0.3, -0.25) is 0 Å². The number of hydrogen-bond donors (Lipinski definition) is 0. The van der Waals surface area contributed by atoms with Gasteiger partial charge in [0.25, 0.3) is 9.16 Å². The highest BCUT2D eigenvalue weighted by molar-refractivity contribution is 9.13. The zero-order valence-corrected chi connectivity index (χ0v) is 8.20. The highest BCUT2D eigenvalue weighted by atomic mass is 79.9. The molecule has 0 heterocycles. The molecule has 1 aliphatic rings. The van der Waals surface area contributed by atoms with E-state index in [0.29, 0.717) is 0 Å². The number of halogens is 8. The van der Waals surface area contributed by atoms with Gasteiger partial charge in [-0.25, -0.2) is 8.78 Å². The Morgan fingerprint density at radius 1 is 0.583 bits per heavy atom. The third-order valence-corrected chi connectivity index (χ3v) is 4.20. The van der Waals surface area contributed by atoms with Crippen LogP contribution in [0.2, 0.25) is 0 Å². The lowest BCUT2D eigenvalue weighted by molar-refractivity contribution is -0.373. The molecule has 0 aromatic carbocycles. The summed E-state index contributed by atoms with van der Waals surface area (Å²) < 4.78 is 65.5. The molecule has 1 saturated carbocycles. The molecule has 0 bridgehead atoms. The van der Waals surface area contributed by atoms with E-state index in [1.165, 1.54) is 0 Å². The van der Waals surface area contributed by atoms with E-state index in [2.05, 4.69) is 0 Å². The fraction of sp³-hybridized carbons (Fsp3) is 1.00. The second kappa shape index (κ2) is 2.13. The van der Waals surface area contributed by atoms with Gasteiger partial charge in [0.15, 0.2) is 0 Å². The summed E-state index contributed by atoms with van der Waals surface area (Å²) in [6.07, 6.45) is 0. The van der Waals surface area contributed by atoms with Crippen LogP contribution < -0.4 is 0 Å². The third kappa shape index (κ3) is 0.718. The van der Waals surface area contributed by atoms with Gasteiger partial charge in [0, 0.05) is 0 Å². The smallest absolute Gasteiger partial charge is 0.219 e. The summed E-state index contributed by atoms with van der Waals surface area (Å²) in [4.78, 5) is 0. The molecule has 0 nitrogen and oxygen atoms in total. The Morgan fingerprint density at radius 3 is 0.833 bits per heavy atom. The molecule has 0 aliphatic heterocycles. The molecular weight excluding hydrogens is 322 g/mol. The van der Waals surface area contributed by atoms with Gasteiger partial charge in [-0.1, -0.05) is 0 Å². The highest BCUT2D eigenvalue weighted by Gasteiger charge is 2.97. The molecule has 1 fully saturated rings. The maximum Gasteiger partial charge on any atom is 0.362 e. The monoisotopic (exact) mass is 320 g/mol. The van der Waals surface area contributed by atoms with Gasteiger partial charge in [-0.2, -0.15) is 17.6 Å². The Labute approximate surface area is 79.6 Å². The first-order valence-electron chi connectivity index (χ1n) is 2.51. The zero-order chi connectivity index (χ0) is 10.0. The van der Waals surface area contributed by atoms with Gasteiger partial charge in [0.1, 0.15) is 0 Å². The summed E-state index contributed by atoms with van der Waals surface area (Å²) in [5.74, 6) is -10.1. The first kappa shape index (κ1) is 10.6. The predicted molar refractivity (Wildman–Crippen MR) is 35.4 cm³/mol. The quantitative estimate of drug-likeness (QED) is 0.474. The largest absolute Gasteiger partial charge is 0.362 e. The summed E-state index contributed by atoms with van der Waals surface area (Å²) >= 11 is 3.13. The van der Waals surface area contributed by atoms with Crippen molar-refractivity contribution >= 4 is 31.9 Å². The minimum absolute atomic E-state index is 1.56. The second-order valence-corrected chi connectivity index (χ2v) is 4.48. The molecule has 1 rings (SSSR count). The lowest BCUT2D eigenvalue weighted by atomic mass is 9.84. The van der Waals surface area contributed by atoms with Crippen LogP contribution in [0, 0.1) is 0 Å². The van der Waals surface area contributed by atoms with Crippen LogP contribution in [0.1, 0.15) is 0 Å². The van der Waals surface area contributed by atoms with Gasteiger partial charge in [-0.05, 0) is 31.9 Å². The van der Waals surface area contributed by atoms with Crippen molar-refractivity contribution in [2.45, 2.75) is 21.0 Å². The van der Waals surface area contributed by atoms with Crippen LogP contribution in [0.15, 0.2) is 0 Å². The summed E-state index contributed by atoms with van der Waals surface area (Å²) in [5, 5.41) is 0. The molecule has 8 heteroatoms. The Balaban J connectivity index is 3.16. The van der Waals surface area contributed by atoms with E-state index >= 15 is 0 Å². The van der Waals surface area contributed by atoms with E-state index in [-0.39, 0.29) is 0 Å². The molecule has 2 atom stereocenters. The molecule has 12 heavy (non-hydrogen) atoms. The van der Waals surface area contributed by atoms with Crippen molar-refractivity contribution in [3.05, 3.63) is 0 Å². The van der Waals surface area contributed by atoms with E-state index in [0.717, 1.165) is 0 Å². The molecule has 0 aromatic rings.